The van der Waals surface area contributed by atoms with Gasteiger partial charge in [-0.2, -0.15) is 0 Å². The van der Waals surface area contributed by atoms with Crippen LogP contribution in [0.3, 0.4) is 0 Å². The standard InChI is InChI=1S/C10H22OS2/c1-6-8(2)7-9(3)13-10(11-4)12-5/h8-10H,6-7H2,1-5H3. The first-order chi connectivity index (χ1) is 6.13. The van der Waals surface area contributed by atoms with Gasteiger partial charge in [-0.25, -0.2) is 0 Å². The molecule has 0 aromatic carbocycles. The van der Waals surface area contributed by atoms with Crippen molar-refractivity contribution in [1.82, 2.24) is 0 Å². The highest BCUT2D eigenvalue weighted by atomic mass is 32.2. The lowest BCUT2D eigenvalue weighted by Crippen LogP contribution is -2.09. The van der Waals surface area contributed by atoms with Crippen molar-refractivity contribution in [2.45, 2.75) is 43.6 Å². The van der Waals surface area contributed by atoms with Gasteiger partial charge in [-0.15, -0.1) is 23.5 Å². The molecule has 0 bridgehead atoms. The molecule has 3 heteroatoms. The van der Waals surface area contributed by atoms with E-state index in [4.69, 9.17) is 4.74 Å². The van der Waals surface area contributed by atoms with Gasteiger partial charge in [0.15, 0.2) is 0 Å². The zero-order valence-corrected chi connectivity index (χ0v) is 11.0. The fraction of sp³-hybridized carbons (Fsp3) is 1.00. The van der Waals surface area contributed by atoms with Crippen LogP contribution in [0, 0.1) is 5.92 Å². The van der Waals surface area contributed by atoms with Gasteiger partial charge < -0.3 is 4.74 Å². The third kappa shape index (κ3) is 6.69. The number of hydrogen-bond donors (Lipinski definition) is 0. The second kappa shape index (κ2) is 8.01. The maximum atomic E-state index is 5.31. The van der Waals surface area contributed by atoms with E-state index in [2.05, 4.69) is 27.0 Å². The SMILES string of the molecule is CCC(C)CC(C)SC(OC)SC. The molecule has 0 spiro atoms. The van der Waals surface area contributed by atoms with Gasteiger partial charge in [0.1, 0.15) is 4.77 Å². The van der Waals surface area contributed by atoms with E-state index in [9.17, 15) is 0 Å². The van der Waals surface area contributed by atoms with Gasteiger partial charge in [0, 0.05) is 12.4 Å². The van der Waals surface area contributed by atoms with Crippen LogP contribution in [-0.4, -0.2) is 23.4 Å². The molecule has 1 nitrogen and oxygen atoms in total. The summed E-state index contributed by atoms with van der Waals surface area (Å²) in [5, 5.41) is 0.701. The van der Waals surface area contributed by atoms with Gasteiger partial charge in [-0.3, -0.25) is 0 Å². The van der Waals surface area contributed by atoms with E-state index >= 15 is 0 Å². The van der Waals surface area contributed by atoms with E-state index in [-0.39, 0.29) is 0 Å². The van der Waals surface area contributed by atoms with Gasteiger partial charge in [-0.1, -0.05) is 27.2 Å². The minimum Gasteiger partial charge on any atom is -0.361 e. The number of thioether (sulfide) groups is 2. The van der Waals surface area contributed by atoms with E-state index < -0.39 is 0 Å². The van der Waals surface area contributed by atoms with E-state index in [0.29, 0.717) is 10.0 Å². The third-order valence-corrected chi connectivity index (χ3v) is 4.72. The molecular formula is C10H22OS2. The van der Waals surface area contributed by atoms with Crippen molar-refractivity contribution < 1.29 is 4.74 Å². The molecule has 0 aromatic heterocycles. The lowest BCUT2D eigenvalue weighted by atomic mass is 10.0. The summed E-state index contributed by atoms with van der Waals surface area (Å²) in [6.45, 7) is 6.86. The molecule has 0 aromatic rings. The lowest BCUT2D eigenvalue weighted by Gasteiger charge is -2.19. The predicted octanol–water partition coefficient (Wildman–Crippen LogP) is 3.84. The zero-order valence-electron chi connectivity index (χ0n) is 9.37. The summed E-state index contributed by atoms with van der Waals surface area (Å²) in [6.07, 6.45) is 4.67. The Bertz CT molecular complexity index is 115. The van der Waals surface area contributed by atoms with Crippen LogP contribution in [0.5, 0.6) is 0 Å². The summed E-state index contributed by atoms with van der Waals surface area (Å²) in [5.41, 5.74) is 0. The highest BCUT2D eigenvalue weighted by Crippen LogP contribution is 2.29. The molecule has 3 atom stereocenters. The maximum Gasteiger partial charge on any atom is 0.149 e. The highest BCUT2D eigenvalue weighted by molar-refractivity contribution is 8.16. The van der Waals surface area contributed by atoms with Gasteiger partial charge >= 0.3 is 0 Å². The maximum absolute atomic E-state index is 5.31. The van der Waals surface area contributed by atoms with Crippen molar-refractivity contribution in [3.05, 3.63) is 0 Å². The predicted molar refractivity (Wildman–Crippen MR) is 65.4 cm³/mol. The Balaban J connectivity index is 3.65. The van der Waals surface area contributed by atoms with Crippen molar-refractivity contribution in [2.75, 3.05) is 13.4 Å². The molecule has 0 rings (SSSR count). The van der Waals surface area contributed by atoms with Crippen molar-refractivity contribution in [3.63, 3.8) is 0 Å². The van der Waals surface area contributed by atoms with Crippen LogP contribution in [-0.2, 0) is 4.74 Å². The second-order valence-electron chi connectivity index (χ2n) is 3.46. The number of rotatable bonds is 7. The largest absolute Gasteiger partial charge is 0.361 e. The Morgan fingerprint density at radius 1 is 1.31 bits per heavy atom. The molecule has 0 amide bonds. The van der Waals surface area contributed by atoms with Crippen molar-refractivity contribution in [3.8, 4) is 0 Å². The number of hydrogen-bond acceptors (Lipinski definition) is 3. The fourth-order valence-corrected chi connectivity index (χ4v) is 3.32. The summed E-state index contributed by atoms with van der Waals surface area (Å²) >= 11 is 3.70. The Kier molecular flexibility index (Phi) is 8.42. The Labute approximate surface area is 91.4 Å². The molecule has 0 aliphatic heterocycles. The van der Waals surface area contributed by atoms with Crippen LogP contribution in [0.4, 0.5) is 0 Å². The molecule has 0 saturated carbocycles. The molecule has 0 aliphatic rings. The molecule has 0 N–H and O–H groups in total. The molecule has 0 aliphatic carbocycles. The Morgan fingerprint density at radius 2 is 1.92 bits per heavy atom. The first-order valence-electron chi connectivity index (χ1n) is 4.85. The quantitative estimate of drug-likeness (QED) is 0.606. The minimum atomic E-state index is 0.305. The average Bonchev–Trinajstić information content (AvgIpc) is 2.13. The topological polar surface area (TPSA) is 9.23 Å². The monoisotopic (exact) mass is 222 g/mol. The highest BCUT2D eigenvalue weighted by Gasteiger charge is 2.13. The molecule has 13 heavy (non-hydrogen) atoms. The lowest BCUT2D eigenvalue weighted by molar-refractivity contribution is 0.234. The molecular weight excluding hydrogens is 200 g/mol. The third-order valence-electron chi connectivity index (χ3n) is 2.16. The van der Waals surface area contributed by atoms with Gasteiger partial charge in [0.25, 0.3) is 0 Å². The van der Waals surface area contributed by atoms with Crippen molar-refractivity contribution >= 4 is 23.5 Å². The molecule has 0 fully saturated rings. The summed E-state index contributed by atoms with van der Waals surface area (Å²) in [6, 6.07) is 0. The first kappa shape index (κ1) is 13.7. The smallest absolute Gasteiger partial charge is 0.149 e. The summed E-state index contributed by atoms with van der Waals surface area (Å²) in [7, 11) is 1.78. The minimum absolute atomic E-state index is 0.305. The normalized spacial score (nSPS) is 18.2. The first-order valence-corrected chi connectivity index (χ1v) is 7.08. The van der Waals surface area contributed by atoms with E-state index in [1.807, 2.05) is 11.8 Å². The van der Waals surface area contributed by atoms with Gasteiger partial charge in [-0.05, 0) is 18.6 Å². The molecule has 80 valence electrons. The molecule has 0 saturated heterocycles. The van der Waals surface area contributed by atoms with Crippen LogP contribution < -0.4 is 0 Å². The van der Waals surface area contributed by atoms with Crippen LogP contribution in [0.2, 0.25) is 0 Å². The van der Waals surface area contributed by atoms with E-state index in [1.54, 1.807) is 18.9 Å². The number of ether oxygens (including phenoxy) is 1. The molecule has 0 radical (unpaired) electrons. The van der Waals surface area contributed by atoms with Crippen LogP contribution in [0.15, 0.2) is 0 Å². The van der Waals surface area contributed by atoms with E-state index in [1.165, 1.54) is 12.8 Å². The van der Waals surface area contributed by atoms with Gasteiger partial charge in [0.05, 0.1) is 0 Å². The Morgan fingerprint density at radius 3 is 2.31 bits per heavy atom. The summed E-state index contributed by atoms with van der Waals surface area (Å²) in [5.74, 6) is 0.835. The second-order valence-corrected chi connectivity index (χ2v) is 6.16. The Hall–Kier alpha value is 0.660. The van der Waals surface area contributed by atoms with Crippen LogP contribution in [0.25, 0.3) is 0 Å². The van der Waals surface area contributed by atoms with Gasteiger partial charge in [0.2, 0.25) is 0 Å². The van der Waals surface area contributed by atoms with Crippen molar-refractivity contribution in [1.29, 1.82) is 0 Å². The van der Waals surface area contributed by atoms with E-state index in [0.717, 1.165) is 5.92 Å². The van der Waals surface area contributed by atoms with Crippen LogP contribution in [0.1, 0.15) is 33.6 Å². The number of methoxy groups -OCH3 is 1. The average molecular weight is 222 g/mol. The van der Waals surface area contributed by atoms with Crippen molar-refractivity contribution in [2.24, 2.45) is 5.92 Å². The summed E-state index contributed by atoms with van der Waals surface area (Å²) < 4.78 is 5.62. The molecule has 3 unspecified atom stereocenters. The van der Waals surface area contributed by atoms with Crippen LogP contribution >= 0.6 is 23.5 Å². The fourth-order valence-electron chi connectivity index (χ4n) is 1.19. The zero-order chi connectivity index (χ0) is 10.3. The summed E-state index contributed by atoms with van der Waals surface area (Å²) in [4.78, 5) is 0. The molecule has 0 heterocycles.